The van der Waals surface area contributed by atoms with Crippen molar-refractivity contribution < 1.29 is 18.3 Å². The van der Waals surface area contributed by atoms with Crippen LogP contribution in [0.5, 0.6) is 0 Å². The Hall–Kier alpha value is -1.03. The van der Waals surface area contributed by atoms with Gasteiger partial charge in [0.2, 0.25) is 0 Å². The molecule has 2 rings (SSSR count). The van der Waals surface area contributed by atoms with Crippen molar-refractivity contribution in [3.63, 3.8) is 0 Å². The first kappa shape index (κ1) is 16.3. The molecule has 0 aliphatic heterocycles. The summed E-state index contributed by atoms with van der Waals surface area (Å²) in [4.78, 5) is 0. The van der Waals surface area contributed by atoms with E-state index < -0.39 is 24.1 Å². The van der Waals surface area contributed by atoms with Crippen LogP contribution in [0.2, 0.25) is 0 Å². The van der Waals surface area contributed by atoms with Crippen LogP contribution < -0.4 is 0 Å². The van der Waals surface area contributed by atoms with E-state index in [1.807, 2.05) is 32.0 Å². The number of aliphatic hydroxyl groups excluding tert-OH is 1. The molecule has 4 heteroatoms. The molecule has 0 heterocycles. The summed E-state index contributed by atoms with van der Waals surface area (Å²) in [6.45, 7) is 3.97. The molecule has 3 unspecified atom stereocenters. The van der Waals surface area contributed by atoms with Crippen LogP contribution >= 0.6 is 0 Å². The third-order valence-corrected chi connectivity index (χ3v) is 4.75. The van der Waals surface area contributed by atoms with E-state index in [0.29, 0.717) is 19.3 Å². The standard InChI is InChI=1S/C17H23F3O/c1-11-7-8-13(9-12(11)2)10-16(21)14-5-3-4-6-15(14)17(18,19)20/h7-9,14-16,21H,3-6,10H2,1-2H3. The molecule has 1 saturated carbocycles. The first-order valence-corrected chi connectivity index (χ1v) is 7.60. The lowest BCUT2D eigenvalue weighted by molar-refractivity contribution is -0.206. The molecular formula is C17H23F3O. The van der Waals surface area contributed by atoms with Crippen molar-refractivity contribution in [2.24, 2.45) is 11.8 Å². The van der Waals surface area contributed by atoms with E-state index in [1.54, 1.807) is 0 Å². The summed E-state index contributed by atoms with van der Waals surface area (Å²) >= 11 is 0. The molecule has 1 N–H and O–H groups in total. The van der Waals surface area contributed by atoms with E-state index in [4.69, 9.17) is 0 Å². The molecule has 1 aliphatic rings. The molecule has 0 radical (unpaired) electrons. The average Bonchev–Trinajstić information content (AvgIpc) is 2.42. The smallest absolute Gasteiger partial charge is 0.392 e. The average molecular weight is 300 g/mol. The fourth-order valence-electron chi connectivity index (χ4n) is 3.35. The Kier molecular flexibility index (Phi) is 4.97. The van der Waals surface area contributed by atoms with Gasteiger partial charge in [0.15, 0.2) is 0 Å². The number of benzene rings is 1. The summed E-state index contributed by atoms with van der Waals surface area (Å²) in [5.41, 5.74) is 3.17. The van der Waals surface area contributed by atoms with Crippen LogP contribution in [0.15, 0.2) is 18.2 Å². The molecule has 0 aromatic heterocycles. The fourth-order valence-corrected chi connectivity index (χ4v) is 3.35. The normalized spacial score (nSPS) is 24.9. The van der Waals surface area contributed by atoms with E-state index in [0.717, 1.165) is 23.1 Å². The minimum atomic E-state index is -4.20. The van der Waals surface area contributed by atoms with Crippen LogP contribution in [0, 0.1) is 25.7 Å². The Labute approximate surface area is 124 Å². The van der Waals surface area contributed by atoms with Gasteiger partial charge in [0.1, 0.15) is 0 Å². The van der Waals surface area contributed by atoms with Crippen molar-refractivity contribution in [1.29, 1.82) is 0 Å². The van der Waals surface area contributed by atoms with E-state index >= 15 is 0 Å². The van der Waals surface area contributed by atoms with Gasteiger partial charge in [-0.2, -0.15) is 13.2 Å². The van der Waals surface area contributed by atoms with Crippen LogP contribution in [0.3, 0.4) is 0 Å². The highest BCUT2D eigenvalue weighted by Crippen LogP contribution is 2.43. The number of aliphatic hydroxyl groups is 1. The molecule has 1 fully saturated rings. The Morgan fingerprint density at radius 1 is 1.14 bits per heavy atom. The van der Waals surface area contributed by atoms with Crippen molar-refractivity contribution >= 4 is 0 Å². The van der Waals surface area contributed by atoms with Gasteiger partial charge >= 0.3 is 6.18 Å². The SMILES string of the molecule is Cc1ccc(CC(O)C2CCCCC2C(F)(F)F)cc1C. The van der Waals surface area contributed by atoms with Gasteiger partial charge in [-0.05, 0) is 55.7 Å². The first-order chi connectivity index (χ1) is 9.79. The maximum Gasteiger partial charge on any atom is 0.392 e. The number of aryl methyl sites for hydroxylation is 2. The lowest BCUT2D eigenvalue weighted by Gasteiger charge is -2.36. The predicted molar refractivity (Wildman–Crippen MR) is 77.1 cm³/mol. The van der Waals surface area contributed by atoms with Crippen molar-refractivity contribution in [3.05, 3.63) is 34.9 Å². The fraction of sp³-hybridized carbons (Fsp3) is 0.647. The molecule has 1 nitrogen and oxygen atoms in total. The zero-order chi connectivity index (χ0) is 15.6. The third-order valence-electron chi connectivity index (χ3n) is 4.75. The summed E-state index contributed by atoms with van der Waals surface area (Å²) in [5, 5.41) is 10.3. The maximum atomic E-state index is 13.1. The Morgan fingerprint density at radius 2 is 1.81 bits per heavy atom. The van der Waals surface area contributed by atoms with Crippen molar-refractivity contribution in [2.75, 3.05) is 0 Å². The molecule has 1 aromatic rings. The highest BCUT2D eigenvalue weighted by molar-refractivity contribution is 5.30. The first-order valence-electron chi connectivity index (χ1n) is 7.60. The Bertz CT molecular complexity index is 481. The summed E-state index contributed by atoms with van der Waals surface area (Å²) < 4.78 is 39.3. The third kappa shape index (κ3) is 4.00. The minimum absolute atomic E-state index is 0.151. The minimum Gasteiger partial charge on any atom is -0.392 e. The van der Waals surface area contributed by atoms with E-state index in [1.165, 1.54) is 0 Å². The number of hydrogen-bond acceptors (Lipinski definition) is 1. The van der Waals surface area contributed by atoms with Crippen LogP contribution in [0.1, 0.15) is 42.4 Å². The number of rotatable bonds is 3. The van der Waals surface area contributed by atoms with Crippen molar-refractivity contribution in [1.82, 2.24) is 0 Å². The lowest BCUT2D eigenvalue weighted by Crippen LogP contribution is -2.40. The van der Waals surface area contributed by atoms with Gasteiger partial charge < -0.3 is 5.11 Å². The van der Waals surface area contributed by atoms with E-state index in [2.05, 4.69) is 0 Å². The molecular weight excluding hydrogens is 277 g/mol. The molecule has 0 amide bonds. The van der Waals surface area contributed by atoms with Crippen LogP contribution in [0.25, 0.3) is 0 Å². The number of alkyl halides is 3. The highest BCUT2D eigenvalue weighted by Gasteiger charge is 2.47. The lowest BCUT2D eigenvalue weighted by atomic mass is 9.74. The van der Waals surface area contributed by atoms with E-state index in [-0.39, 0.29) is 6.42 Å². The van der Waals surface area contributed by atoms with Gasteiger partial charge in [0, 0.05) is 0 Å². The zero-order valence-electron chi connectivity index (χ0n) is 12.6. The van der Waals surface area contributed by atoms with Gasteiger partial charge in [-0.3, -0.25) is 0 Å². The van der Waals surface area contributed by atoms with Crippen molar-refractivity contribution in [3.8, 4) is 0 Å². The van der Waals surface area contributed by atoms with Crippen molar-refractivity contribution in [2.45, 2.75) is 58.2 Å². The summed E-state index contributed by atoms with van der Waals surface area (Å²) in [5.74, 6) is -2.02. The Balaban J connectivity index is 2.10. The molecule has 1 aliphatic carbocycles. The second-order valence-corrected chi connectivity index (χ2v) is 6.29. The molecule has 0 spiro atoms. The molecule has 0 bridgehead atoms. The van der Waals surface area contributed by atoms with Gasteiger partial charge in [0.25, 0.3) is 0 Å². The number of halogens is 3. The molecule has 3 atom stereocenters. The van der Waals surface area contributed by atoms with Gasteiger partial charge in [-0.15, -0.1) is 0 Å². The largest absolute Gasteiger partial charge is 0.392 e. The number of hydrogen-bond donors (Lipinski definition) is 1. The Morgan fingerprint density at radius 3 is 2.43 bits per heavy atom. The zero-order valence-corrected chi connectivity index (χ0v) is 12.6. The summed E-state index contributed by atoms with van der Waals surface area (Å²) in [6.07, 6.45) is -2.81. The summed E-state index contributed by atoms with van der Waals surface area (Å²) in [6, 6.07) is 5.82. The summed E-state index contributed by atoms with van der Waals surface area (Å²) in [7, 11) is 0. The topological polar surface area (TPSA) is 20.2 Å². The predicted octanol–water partition coefficient (Wildman–Crippen LogP) is 4.58. The molecule has 118 valence electrons. The second kappa shape index (κ2) is 6.39. The monoisotopic (exact) mass is 300 g/mol. The molecule has 0 saturated heterocycles. The molecule has 21 heavy (non-hydrogen) atoms. The van der Waals surface area contributed by atoms with Crippen LogP contribution in [0.4, 0.5) is 13.2 Å². The van der Waals surface area contributed by atoms with Crippen LogP contribution in [-0.4, -0.2) is 17.4 Å². The highest BCUT2D eigenvalue weighted by atomic mass is 19.4. The second-order valence-electron chi connectivity index (χ2n) is 6.29. The van der Waals surface area contributed by atoms with Crippen LogP contribution in [-0.2, 0) is 6.42 Å². The van der Waals surface area contributed by atoms with Gasteiger partial charge in [0.05, 0.1) is 12.0 Å². The molecule has 1 aromatic carbocycles. The maximum absolute atomic E-state index is 13.1. The quantitative estimate of drug-likeness (QED) is 0.866. The van der Waals surface area contributed by atoms with Gasteiger partial charge in [-0.25, -0.2) is 0 Å². The van der Waals surface area contributed by atoms with Gasteiger partial charge in [-0.1, -0.05) is 31.0 Å². The van der Waals surface area contributed by atoms with E-state index in [9.17, 15) is 18.3 Å².